The highest BCUT2D eigenvalue weighted by atomic mass is 16.1. The largest absolute Gasteiger partial charge is 0.294 e. The van der Waals surface area contributed by atoms with Crippen LogP contribution in [-0.2, 0) is 0 Å². The molecule has 1 aromatic carbocycles. The molecule has 0 saturated carbocycles. The van der Waals surface area contributed by atoms with Crippen molar-refractivity contribution in [3.8, 4) is 0 Å². The van der Waals surface area contributed by atoms with Gasteiger partial charge in [-0.2, -0.15) is 0 Å². The van der Waals surface area contributed by atoms with E-state index < -0.39 is 0 Å². The normalized spacial score (nSPS) is 11.1. The Morgan fingerprint density at radius 2 is 1.62 bits per heavy atom. The lowest BCUT2D eigenvalue weighted by molar-refractivity contribution is 0.0975. The maximum absolute atomic E-state index is 11.8. The van der Waals surface area contributed by atoms with Gasteiger partial charge in [-0.25, -0.2) is 0 Å². The van der Waals surface area contributed by atoms with E-state index >= 15 is 0 Å². The van der Waals surface area contributed by atoms with Crippen LogP contribution in [0.25, 0.3) is 0 Å². The average Bonchev–Trinajstić information content (AvgIpc) is 2.26. The van der Waals surface area contributed by atoms with E-state index in [4.69, 9.17) is 0 Å². The van der Waals surface area contributed by atoms with E-state index in [-0.39, 0.29) is 5.78 Å². The molecule has 0 unspecified atom stereocenters. The van der Waals surface area contributed by atoms with Crippen molar-refractivity contribution >= 4 is 5.78 Å². The first-order valence-corrected chi connectivity index (χ1v) is 6.14. The van der Waals surface area contributed by atoms with Crippen LogP contribution >= 0.6 is 0 Å². The molecule has 16 heavy (non-hydrogen) atoms. The van der Waals surface area contributed by atoms with Crippen LogP contribution in [0.5, 0.6) is 0 Å². The molecule has 0 bridgehead atoms. The molecule has 0 atom stereocenters. The minimum absolute atomic E-state index is 0.268. The third kappa shape index (κ3) is 3.80. The summed E-state index contributed by atoms with van der Waals surface area (Å²) >= 11 is 0. The van der Waals surface area contributed by atoms with Gasteiger partial charge in [0.2, 0.25) is 0 Å². The van der Waals surface area contributed by atoms with E-state index in [9.17, 15) is 4.79 Å². The van der Waals surface area contributed by atoms with Crippen LogP contribution < -0.4 is 0 Å². The minimum atomic E-state index is 0.268. The Morgan fingerprint density at radius 1 is 1.06 bits per heavy atom. The van der Waals surface area contributed by atoms with Gasteiger partial charge in [0.1, 0.15) is 0 Å². The molecule has 1 rings (SSSR count). The van der Waals surface area contributed by atoms with Crippen LogP contribution in [0.4, 0.5) is 0 Å². The lowest BCUT2D eigenvalue weighted by Crippen LogP contribution is -2.01. The van der Waals surface area contributed by atoms with Crippen LogP contribution in [0.2, 0.25) is 0 Å². The Kier molecular flexibility index (Phi) is 4.72. The molecule has 0 radical (unpaired) electrons. The summed E-state index contributed by atoms with van der Waals surface area (Å²) in [5.41, 5.74) is 2.14. The first kappa shape index (κ1) is 13.0. The first-order chi connectivity index (χ1) is 7.50. The second-order valence-electron chi connectivity index (χ2n) is 5.13. The molecule has 0 saturated heterocycles. The van der Waals surface area contributed by atoms with E-state index in [0.717, 1.165) is 12.0 Å². The van der Waals surface area contributed by atoms with Gasteiger partial charge in [0.05, 0.1) is 0 Å². The van der Waals surface area contributed by atoms with Gasteiger partial charge in [-0.1, -0.05) is 52.0 Å². The van der Waals surface area contributed by atoms with Gasteiger partial charge in [-0.3, -0.25) is 4.79 Å². The summed E-state index contributed by atoms with van der Waals surface area (Å²) < 4.78 is 0. The number of hydrogen-bond acceptors (Lipinski definition) is 1. The molecule has 1 nitrogen and oxygen atoms in total. The van der Waals surface area contributed by atoms with E-state index in [0.29, 0.717) is 18.3 Å². The highest BCUT2D eigenvalue weighted by Crippen LogP contribution is 2.16. The summed E-state index contributed by atoms with van der Waals surface area (Å²) in [4.78, 5) is 11.8. The fraction of sp³-hybridized carbons (Fsp3) is 0.533. The van der Waals surface area contributed by atoms with E-state index in [1.54, 1.807) is 0 Å². The quantitative estimate of drug-likeness (QED) is 0.668. The number of ketones is 1. The standard InChI is InChI=1S/C15H22O/c1-11(2)5-10-15(16)14-8-6-13(7-9-14)12(3)4/h6-9,11-12H,5,10H2,1-4H3. The SMILES string of the molecule is CC(C)CCC(=O)c1ccc(C(C)C)cc1. The van der Waals surface area contributed by atoms with Crippen molar-refractivity contribution in [2.75, 3.05) is 0 Å². The summed E-state index contributed by atoms with van der Waals surface area (Å²) in [6.45, 7) is 8.62. The summed E-state index contributed by atoms with van der Waals surface area (Å²) in [6, 6.07) is 8.04. The van der Waals surface area contributed by atoms with Crippen molar-refractivity contribution in [3.05, 3.63) is 35.4 Å². The molecule has 1 aromatic rings. The molecule has 0 aliphatic carbocycles. The second-order valence-corrected chi connectivity index (χ2v) is 5.13. The predicted octanol–water partition coefficient (Wildman–Crippen LogP) is 4.43. The van der Waals surface area contributed by atoms with Gasteiger partial charge >= 0.3 is 0 Å². The zero-order valence-corrected chi connectivity index (χ0v) is 10.8. The minimum Gasteiger partial charge on any atom is -0.294 e. The molecule has 88 valence electrons. The Labute approximate surface area is 98.9 Å². The Balaban J connectivity index is 2.63. The lowest BCUT2D eigenvalue weighted by Gasteiger charge is -2.07. The third-order valence-electron chi connectivity index (χ3n) is 2.85. The van der Waals surface area contributed by atoms with Crippen molar-refractivity contribution in [2.24, 2.45) is 5.92 Å². The van der Waals surface area contributed by atoms with E-state index in [1.165, 1.54) is 5.56 Å². The molecule has 0 aromatic heterocycles. The van der Waals surface area contributed by atoms with Crippen LogP contribution in [0.1, 0.15) is 62.4 Å². The maximum Gasteiger partial charge on any atom is 0.162 e. The molecule has 1 heteroatoms. The Hall–Kier alpha value is -1.11. The summed E-state index contributed by atoms with van der Waals surface area (Å²) in [5.74, 6) is 1.39. The Morgan fingerprint density at radius 3 is 2.06 bits per heavy atom. The van der Waals surface area contributed by atoms with Gasteiger partial charge < -0.3 is 0 Å². The average molecular weight is 218 g/mol. The topological polar surface area (TPSA) is 17.1 Å². The van der Waals surface area contributed by atoms with Gasteiger partial charge in [0.15, 0.2) is 5.78 Å². The zero-order valence-electron chi connectivity index (χ0n) is 10.8. The van der Waals surface area contributed by atoms with E-state index in [1.807, 2.05) is 12.1 Å². The monoisotopic (exact) mass is 218 g/mol. The second kappa shape index (κ2) is 5.83. The van der Waals surface area contributed by atoms with Gasteiger partial charge in [0, 0.05) is 12.0 Å². The number of carbonyl (C=O) groups is 1. The van der Waals surface area contributed by atoms with Crippen molar-refractivity contribution in [3.63, 3.8) is 0 Å². The lowest BCUT2D eigenvalue weighted by atomic mass is 9.98. The van der Waals surface area contributed by atoms with E-state index in [2.05, 4.69) is 39.8 Å². The third-order valence-corrected chi connectivity index (χ3v) is 2.85. The molecular formula is C15H22O. The van der Waals surface area contributed by atoms with Crippen LogP contribution in [0.3, 0.4) is 0 Å². The Bertz CT molecular complexity index is 333. The molecule has 0 heterocycles. The molecule has 0 N–H and O–H groups in total. The summed E-state index contributed by atoms with van der Waals surface area (Å²) in [6.07, 6.45) is 1.64. The number of hydrogen-bond donors (Lipinski definition) is 0. The highest BCUT2D eigenvalue weighted by Gasteiger charge is 2.07. The number of benzene rings is 1. The summed E-state index contributed by atoms with van der Waals surface area (Å²) in [7, 11) is 0. The first-order valence-electron chi connectivity index (χ1n) is 6.14. The molecular weight excluding hydrogens is 196 g/mol. The maximum atomic E-state index is 11.8. The van der Waals surface area contributed by atoms with Gasteiger partial charge in [-0.15, -0.1) is 0 Å². The number of Topliss-reactive ketones (excluding diaryl/α,β-unsaturated/α-hetero) is 1. The fourth-order valence-electron chi connectivity index (χ4n) is 1.62. The van der Waals surface area contributed by atoms with Gasteiger partial charge in [0.25, 0.3) is 0 Å². The van der Waals surface area contributed by atoms with Crippen LogP contribution in [0.15, 0.2) is 24.3 Å². The number of carbonyl (C=O) groups excluding carboxylic acids is 1. The predicted molar refractivity (Wildman–Crippen MR) is 68.9 cm³/mol. The van der Waals surface area contributed by atoms with Crippen molar-refractivity contribution in [1.82, 2.24) is 0 Å². The van der Waals surface area contributed by atoms with Gasteiger partial charge in [-0.05, 0) is 23.8 Å². The molecule has 0 fully saturated rings. The van der Waals surface area contributed by atoms with Crippen molar-refractivity contribution < 1.29 is 4.79 Å². The molecule has 0 aliphatic heterocycles. The highest BCUT2D eigenvalue weighted by molar-refractivity contribution is 5.96. The molecule has 0 spiro atoms. The van der Waals surface area contributed by atoms with Crippen LogP contribution in [0, 0.1) is 5.92 Å². The number of rotatable bonds is 5. The van der Waals surface area contributed by atoms with Crippen molar-refractivity contribution in [2.45, 2.75) is 46.5 Å². The fourth-order valence-corrected chi connectivity index (χ4v) is 1.62. The zero-order chi connectivity index (χ0) is 12.1. The van der Waals surface area contributed by atoms with Crippen molar-refractivity contribution in [1.29, 1.82) is 0 Å². The summed E-state index contributed by atoms with van der Waals surface area (Å²) in [5, 5.41) is 0. The smallest absolute Gasteiger partial charge is 0.162 e. The molecule has 0 aliphatic rings. The molecule has 0 amide bonds. The van der Waals surface area contributed by atoms with Crippen LogP contribution in [-0.4, -0.2) is 5.78 Å².